The van der Waals surface area contributed by atoms with Crippen LogP contribution < -0.4 is 0 Å². The second-order valence-corrected chi connectivity index (χ2v) is 17.1. The van der Waals surface area contributed by atoms with Crippen LogP contribution in [0.1, 0.15) is 0 Å². The molecule has 0 radical (unpaired) electrons. The van der Waals surface area contributed by atoms with Crippen molar-refractivity contribution in [3.05, 3.63) is 218 Å². The summed E-state index contributed by atoms with van der Waals surface area (Å²) in [5, 5.41) is 22.1. The largest absolute Gasteiger partial charge is 0.455 e. The van der Waals surface area contributed by atoms with E-state index in [4.69, 9.17) is 4.42 Å². The first-order valence-electron chi connectivity index (χ1n) is 21.8. The summed E-state index contributed by atoms with van der Waals surface area (Å²) < 4.78 is 6.68. The van der Waals surface area contributed by atoms with Gasteiger partial charge in [-0.1, -0.05) is 176 Å². The van der Waals surface area contributed by atoms with Crippen molar-refractivity contribution < 1.29 is 4.42 Å². The normalized spacial score (nSPS) is 12.1. The maximum Gasteiger partial charge on any atom is 0.143 e. The molecule has 1 nitrogen and oxygen atoms in total. The molecule has 1 aromatic heterocycles. The van der Waals surface area contributed by atoms with E-state index in [-0.39, 0.29) is 0 Å². The molecular weight excluding hydrogens is 761 g/mol. The van der Waals surface area contributed by atoms with Gasteiger partial charge in [0.2, 0.25) is 0 Å². The molecule has 1 heterocycles. The fourth-order valence-corrected chi connectivity index (χ4v) is 10.8. The lowest BCUT2D eigenvalue weighted by atomic mass is 9.85. The zero-order valence-corrected chi connectivity index (χ0v) is 34.2. The van der Waals surface area contributed by atoms with Gasteiger partial charge in [-0.15, -0.1) is 0 Å². The van der Waals surface area contributed by atoms with Gasteiger partial charge < -0.3 is 4.42 Å². The van der Waals surface area contributed by atoms with Crippen LogP contribution in [0.3, 0.4) is 0 Å². The Morgan fingerprint density at radius 2 is 0.603 bits per heavy atom. The van der Waals surface area contributed by atoms with Crippen molar-refractivity contribution in [3.8, 4) is 33.4 Å². The second-order valence-electron chi connectivity index (χ2n) is 17.1. The summed E-state index contributed by atoms with van der Waals surface area (Å²) in [7, 11) is 0. The van der Waals surface area contributed by atoms with Crippen molar-refractivity contribution in [1.82, 2.24) is 0 Å². The molecule has 0 saturated heterocycles. The molecule has 0 fully saturated rings. The highest BCUT2D eigenvalue weighted by atomic mass is 16.3. The third kappa shape index (κ3) is 5.11. The molecule has 290 valence electrons. The van der Waals surface area contributed by atoms with Gasteiger partial charge in [0, 0.05) is 16.2 Å². The van der Waals surface area contributed by atoms with Crippen molar-refractivity contribution in [2.45, 2.75) is 0 Å². The third-order valence-corrected chi connectivity index (χ3v) is 13.8. The predicted molar refractivity (Wildman–Crippen MR) is 270 cm³/mol. The number of rotatable bonds is 3. The molecule has 0 aliphatic heterocycles. The first kappa shape index (κ1) is 34.5. The van der Waals surface area contributed by atoms with Crippen LogP contribution in [0.5, 0.6) is 0 Å². The Morgan fingerprint density at radius 1 is 0.206 bits per heavy atom. The summed E-state index contributed by atoms with van der Waals surface area (Å²) >= 11 is 0. The highest BCUT2D eigenvalue weighted by Crippen LogP contribution is 2.46. The lowest BCUT2D eigenvalue weighted by Gasteiger charge is -2.18. The lowest BCUT2D eigenvalue weighted by Crippen LogP contribution is -1.91. The molecule has 0 saturated carbocycles. The van der Waals surface area contributed by atoms with E-state index < -0.39 is 0 Å². The molecule has 14 rings (SSSR count). The molecule has 0 aliphatic carbocycles. The minimum atomic E-state index is 0.922. The monoisotopic (exact) mass is 796 g/mol. The van der Waals surface area contributed by atoms with Crippen LogP contribution in [0.2, 0.25) is 0 Å². The predicted octanol–water partition coefficient (Wildman–Crippen LogP) is 17.8. The second kappa shape index (κ2) is 13.1. The van der Waals surface area contributed by atoms with Crippen molar-refractivity contribution in [2.75, 3.05) is 0 Å². The molecule has 63 heavy (non-hydrogen) atoms. The summed E-state index contributed by atoms with van der Waals surface area (Å²) in [4.78, 5) is 0. The van der Waals surface area contributed by atoms with Crippen molar-refractivity contribution in [1.29, 1.82) is 0 Å². The van der Waals surface area contributed by atoms with Gasteiger partial charge in [0.25, 0.3) is 0 Å². The zero-order chi connectivity index (χ0) is 41.2. The van der Waals surface area contributed by atoms with Gasteiger partial charge in [0.1, 0.15) is 11.2 Å². The van der Waals surface area contributed by atoms with E-state index in [0.29, 0.717) is 0 Å². The van der Waals surface area contributed by atoms with Gasteiger partial charge in [-0.3, -0.25) is 0 Å². The van der Waals surface area contributed by atoms with Gasteiger partial charge in [-0.25, -0.2) is 0 Å². The lowest BCUT2D eigenvalue weighted by molar-refractivity contribution is 0.673. The van der Waals surface area contributed by atoms with Crippen LogP contribution in [-0.2, 0) is 0 Å². The Labute approximate surface area is 362 Å². The third-order valence-electron chi connectivity index (χ3n) is 13.8. The van der Waals surface area contributed by atoms with Crippen LogP contribution in [0.4, 0.5) is 0 Å². The fraction of sp³-hybridized carbons (Fsp3) is 0. The maximum atomic E-state index is 6.68. The average Bonchev–Trinajstić information content (AvgIpc) is 3.72. The van der Waals surface area contributed by atoms with E-state index in [9.17, 15) is 0 Å². The minimum absolute atomic E-state index is 0.922. The van der Waals surface area contributed by atoms with E-state index in [1.165, 1.54) is 114 Å². The van der Waals surface area contributed by atoms with Gasteiger partial charge in [-0.05, 0) is 157 Å². The van der Waals surface area contributed by atoms with Crippen molar-refractivity contribution in [3.63, 3.8) is 0 Å². The molecule has 14 aromatic rings. The van der Waals surface area contributed by atoms with E-state index >= 15 is 0 Å². The van der Waals surface area contributed by atoms with Crippen LogP contribution in [0.25, 0.3) is 141 Å². The molecule has 0 amide bonds. The number of benzene rings is 13. The Kier molecular flexibility index (Phi) is 7.17. The quantitative estimate of drug-likeness (QED) is 0.128. The van der Waals surface area contributed by atoms with Gasteiger partial charge in [0.05, 0.1) is 0 Å². The zero-order valence-electron chi connectivity index (χ0n) is 34.2. The van der Waals surface area contributed by atoms with E-state index in [2.05, 4.69) is 218 Å². The topological polar surface area (TPSA) is 13.1 Å². The van der Waals surface area contributed by atoms with Crippen molar-refractivity contribution >= 4 is 108 Å². The Hall–Kier alpha value is -8.26. The average molecular weight is 797 g/mol. The van der Waals surface area contributed by atoms with Gasteiger partial charge >= 0.3 is 0 Å². The summed E-state index contributed by atoms with van der Waals surface area (Å²) in [6, 6.07) is 80.7. The van der Waals surface area contributed by atoms with Gasteiger partial charge in [0.15, 0.2) is 0 Å². The molecular formula is C62H36O. The molecule has 1 heteroatoms. The Balaban J connectivity index is 0.906. The van der Waals surface area contributed by atoms with E-state index in [0.717, 1.165) is 27.3 Å². The summed E-state index contributed by atoms with van der Waals surface area (Å²) in [6.45, 7) is 0. The Bertz CT molecular complexity index is 4200. The number of hydrogen-bond donors (Lipinski definition) is 0. The molecule has 0 spiro atoms. The smallest absolute Gasteiger partial charge is 0.143 e. The standard InChI is InChI=1S/C62H36O/c1-2-13-39-32-44(25-21-37(39)11-1)60-50-17-7-9-19-52(50)61(53-20-10-8-18-51(53)60)45-26-24-40-31-41(22-23-42(40)33-45)43-28-29-49-55(34-43)47-15-5-6-16-48(47)56-35-58-54-30-27-38-12-3-4-14-46(38)62(54)63-59(58)36-57(49)56/h1-36H. The molecule has 0 unspecified atom stereocenters. The highest BCUT2D eigenvalue weighted by molar-refractivity contribution is 6.29. The van der Waals surface area contributed by atoms with Crippen LogP contribution >= 0.6 is 0 Å². The Morgan fingerprint density at radius 3 is 1.25 bits per heavy atom. The number of hydrogen-bond acceptors (Lipinski definition) is 1. The first-order chi connectivity index (χ1) is 31.2. The fourth-order valence-electron chi connectivity index (χ4n) is 10.8. The summed E-state index contributed by atoms with van der Waals surface area (Å²) in [6.07, 6.45) is 0. The minimum Gasteiger partial charge on any atom is -0.455 e. The summed E-state index contributed by atoms with van der Waals surface area (Å²) in [5.74, 6) is 0. The van der Waals surface area contributed by atoms with E-state index in [1.807, 2.05) is 0 Å². The van der Waals surface area contributed by atoms with Crippen molar-refractivity contribution in [2.24, 2.45) is 0 Å². The number of fused-ring (bicyclic) bond motifs is 15. The molecule has 0 bridgehead atoms. The van der Waals surface area contributed by atoms with E-state index in [1.54, 1.807) is 0 Å². The van der Waals surface area contributed by atoms with Crippen LogP contribution in [0.15, 0.2) is 223 Å². The first-order valence-corrected chi connectivity index (χ1v) is 21.8. The SMILES string of the molecule is c1ccc2cc(-c3c4ccccc4c(-c4ccc5cc(-c6ccc7c(c6)c6ccccc6c6cc8c(cc76)oc6c7ccccc7ccc86)ccc5c4)c4ccccc34)ccc2c1. The molecule has 13 aromatic carbocycles. The van der Waals surface area contributed by atoms with Crippen LogP contribution in [0, 0.1) is 0 Å². The number of furan rings is 1. The maximum absolute atomic E-state index is 6.68. The molecule has 0 aliphatic rings. The highest BCUT2D eigenvalue weighted by Gasteiger charge is 2.19. The molecule has 0 N–H and O–H groups in total. The summed E-state index contributed by atoms with van der Waals surface area (Å²) in [5.41, 5.74) is 9.31. The molecule has 0 atom stereocenters. The van der Waals surface area contributed by atoms with Gasteiger partial charge in [-0.2, -0.15) is 0 Å². The van der Waals surface area contributed by atoms with Crippen LogP contribution in [-0.4, -0.2) is 0 Å².